The highest BCUT2D eigenvalue weighted by atomic mass is 19.1. The van der Waals surface area contributed by atoms with Crippen molar-refractivity contribution < 1.29 is 19.4 Å². The topological polar surface area (TPSA) is 57.5 Å². The molecule has 0 amide bonds. The normalized spacial score (nSPS) is 10.9. The maximum absolute atomic E-state index is 13.7. The first kappa shape index (κ1) is 16.0. The Morgan fingerprint density at radius 1 is 1.08 bits per heavy atom. The lowest BCUT2D eigenvalue weighted by Gasteiger charge is -2.15. The molecule has 0 atom stereocenters. The van der Waals surface area contributed by atoms with Crippen molar-refractivity contribution in [2.24, 2.45) is 0 Å². The van der Waals surface area contributed by atoms with E-state index in [0.29, 0.717) is 6.42 Å². The van der Waals surface area contributed by atoms with E-state index in [-0.39, 0.29) is 18.0 Å². The van der Waals surface area contributed by atoms with Crippen LogP contribution in [0.1, 0.15) is 22.3 Å². The van der Waals surface area contributed by atoms with Crippen LogP contribution in [0.15, 0.2) is 48.5 Å². The average Bonchev–Trinajstić information content (AvgIpc) is 2.53. The van der Waals surface area contributed by atoms with Gasteiger partial charge in [-0.3, -0.25) is 4.79 Å². The summed E-state index contributed by atoms with van der Waals surface area (Å²) in [6, 6.07) is 13.2. The van der Waals surface area contributed by atoms with Gasteiger partial charge in [-0.2, -0.15) is 0 Å². The summed E-state index contributed by atoms with van der Waals surface area (Å²) in [6.07, 6.45) is 0.473. The Morgan fingerprint density at radius 2 is 1.79 bits per heavy atom. The fourth-order valence-corrected chi connectivity index (χ4v) is 3.00. The molecule has 0 aromatic heterocycles. The Kier molecular flexibility index (Phi) is 4.21. The van der Waals surface area contributed by atoms with Gasteiger partial charge >= 0.3 is 5.97 Å². The second-order valence-corrected chi connectivity index (χ2v) is 5.92. The number of phenols is 1. The number of aromatic hydroxyl groups is 1. The Bertz CT molecular complexity index is 914. The number of hydrogen-bond donors (Lipinski definition) is 2. The molecule has 0 unspecified atom stereocenters. The number of fused-ring (bicyclic) bond motifs is 1. The maximum Gasteiger partial charge on any atom is 0.307 e. The van der Waals surface area contributed by atoms with E-state index in [9.17, 15) is 14.3 Å². The number of benzene rings is 3. The molecule has 24 heavy (non-hydrogen) atoms. The van der Waals surface area contributed by atoms with Crippen molar-refractivity contribution >= 4 is 16.7 Å². The lowest BCUT2D eigenvalue weighted by molar-refractivity contribution is -0.136. The number of carboxylic acid groups (broad SMARTS) is 1. The lowest BCUT2D eigenvalue weighted by atomic mass is 9.90. The van der Waals surface area contributed by atoms with Gasteiger partial charge in [-0.15, -0.1) is 0 Å². The first-order valence-corrected chi connectivity index (χ1v) is 7.64. The van der Waals surface area contributed by atoms with Crippen LogP contribution in [0.3, 0.4) is 0 Å². The third kappa shape index (κ3) is 3.23. The number of halogens is 1. The summed E-state index contributed by atoms with van der Waals surface area (Å²) in [5.74, 6) is -1.03. The fraction of sp³-hybridized carbons (Fsp3) is 0.150. The second kappa shape index (κ2) is 6.32. The summed E-state index contributed by atoms with van der Waals surface area (Å²) in [4.78, 5) is 11.1. The summed E-state index contributed by atoms with van der Waals surface area (Å²) in [5.41, 5.74) is 3.47. The SMILES string of the molecule is Cc1c(CC(=O)O)cc2ccc(F)cc2c1Cc1ccc(O)cc1. The highest BCUT2D eigenvalue weighted by molar-refractivity contribution is 5.89. The molecule has 0 heterocycles. The lowest BCUT2D eigenvalue weighted by Crippen LogP contribution is -2.05. The van der Waals surface area contributed by atoms with Gasteiger partial charge in [0, 0.05) is 0 Å². The average molecular weight is 324 g/mol. The molecular formula is C20H17FO3. The number of hydrogen-bond acceptors (Lipinski definition) is 2. The summed E-state index contributed by atoms with van der Waals surface area (Å²) in [6.45, 7) is 1.87. The predicted molar refractivity (Wildman–Crippen MR) is 90.9 cm³/mol. The Labute approximate surface area is 139 Å². The van der Waals surface area contributed by atoms with Crippen molar-refractivity contribution in [1.82, 2.24) is 0 Å². The van der Waals surface area contributed by atoms with E-state index in [4.69, 9.17) is 5.11 Å². The Hall–Kier alpha value is -2.88. The summed E-state index contributed by atoms with van der Waals surface area (Å²) < 4.78 is 13.7. The van der Waals surface area contributed by atoms with Gasteiger partial charge in [0.1, 0.15) is 11.6 Å². The summed E-state index contributed by atoms with van der Waals surface area (Å²) >= 11 is 0. The van der Waals surface area contributed by atoms with Crippen LogP contribution in [-0.4, -0.2) is 16.2 Å². The van der Waals surface area contributed by atoms with Crippen LogP contribution in [0.5, 0.6) is 5.75 Å². The standard InChI is InChI=1S/C20H17FO3/c1-12-15(10-20(23)24)9-14-4-5-16(21)11-19(14)18(12)8-13-2-6-17(22)7-3-13/h2-7,9,11,22H,8,10H2,1H3,(H,23,24). The molecule has 3 rings (SSSR count). The van der Waals surface area contributed by atoms with E-state index < -0.39 is 5.97 Å². The molecule has 0 radical (unpaired) electrons. The van der Waals surface area contributed by atoms with E-state index in [0.717, 1.165) is 33.0 Å². The summed E-state index contributed by atoms with van der Waals surface area (Å²) in [7, 11) is 0. The van der Waals surface area contributed by atoms with E-state index in [1.807, 2.05) is 25.1 Å². The molecule has 0 fully saturated rings. The monoisotopic (exact) mass is 324 g/mol. The van der Waals surface area contributed by atoms with Crippen molar-refractivity contribution in [1.29, 1.82) is 0 Å². The largest absolute Gasteiger partial charge is 0.508 e. The van der Waals surface area contributed by atoms with Crippen LogP contribution >= 0.6 is 0 Å². The number of aliphatic carboxylic acids is 1. The van der Waals surface area contributed by atoms with Crippen LogP contribution in [0.25, 0.3) is 10.8 Å². The van der Waals surface area contributed by atoms with E-state index >= 15 is 0 Å². The first-order valence-electron chi connectivity index (χ1n) is 7.64. The van der Waals surface area contributed by atoms with E-state index in [1.165, 1.54) is 12.1 Å². The minimum absolute atomic E-state index is 0.0677. The zero-order valence-corrected chi connectivity index (χ0v) is 13.2. The molecule has 0 spiro atoms. The molecule has 0 saturated carbocycles. The zero-order chi connectivity index (χ0) is 17.3. The number of phenolic OH excluding ortho intramolecular Hbond substituents is 1. The number of rotatable bonds is 4. The molecule has 2 N–H and O–H groups in total. The highest BCUT2D eigenvalue weighted by Gasteiger charge is 2.14. The minimum atomic E-state index is -0.893. The highest BCUT2D eigenvalue weighted by Crippen LogP contribution is 2.29. The van der Waals surface area contributed by atoms with Gasteiger partial charge < -0.3 is 10.2 Å². The Morgan fingerprint density at radius 3 is 2.46 bits per heavy atom. The molecule has 3 nitrogen and oxygen atoms in total. The quantitative estimate of drug-likeness (QED) is 0.756. The minimum Gasteiger partial charge on any atom is -0.508 e. The van der Waals surface area contributed by atoms with Crippen molar-refractivity contribution in [3.8, 4) is 5.75 Å². The van der Waals surface area contributed by atoms with Gasteiger partial charge in [0.2, 0.25) is 0 Å². The van der Waals surface area contributed by atoms with Crippen LogP contribution in [-0.2, 0) is 17.6 Å². The van der Waals surface area contributed by atoms with Crippen LogP contribution in [0.2, 0.25) is 0 Å². The van der Waals surface area contributed by atoms with Gasteiger partial charge in [-0.1, -0.05) is 24.3 Å². The van der Waals surface area contributed by atoms with E-state index in [1.54, 1.807) is 18.2 Å². The summed E-state index contributed by atoms with van der Waals surface area (Å²) in [5, 5.41) is 20.2. The molecular weight excluding hydrogens is 307 g/mol. The van der Waals surface area contributed by atoms with Crippen molar-refractivity contribution in [3.05, 3.63) is 76.6 Å². The third-order valence-corrected chi connectivity index (χ3v) is 4.26. The number of carbonyl (C=O) groups is 1. The smallest absolute Gasteiger partial charge is 0.307 e. The van der Waals surface area contributed by atoms with Gasteiger partial charge in [-0.05, 0) is 70.6 Å². The molecule has 0 saturated heterocycles. The molecule has 4 heteroatoms. The van der Waals surface area contributed by atoms with E-state index in [2.05, 4.69) is 0 Å². The Balaban J connectivity index is 2.18. The molecule has 0 aliphatic heterocycles. The maximum atomic E-state index is 13.7. The van der Waals surface area contributed by atoms with Crippen LogP contribution in [0.4, 0.5) is 4.39 Å². The van der Waals surface area contributed by atoms with Gasteiger partial charge in [-0.25, -0.2) is 4.39 Å². The van der Waals surface area contributed by atoms with Crippen molar-refractivity contribution in [3.63, 3.8) is 0 Å². The first-order chi connectivity index (χ1) is 11.4. The number of carboxylic acids is 1. The third-order valence-electron chi connectivity index (χ3n) is 4.26. The van der Waals surface area contributed by atoms with Gasteiger partial charge in [0.25, 0.3) is 0 Å². The predicted octanol–water partition coefficient (Wildman–Crippen LogP) is 4.21. The molecule has 122 valence electrons. The fourth-order valence-electron chi connectivity index (χ4n) is 3.00. The molecule has 0 aliphatic rings. The van der Waals surface area contributed by atoms with Crippen LogP contribution < -0.4 is 0 Å². The molecule has 3 aromatic carbocycles. The molecule has 3 aromatic rings. The van der Waals surface area contributed by atoms with Crippen molar-refractivity contribution in [2.45, 2.75) is 19.8 Å². The van der Waals surface area contributed by atoms with Crippen LogP contribution in [0, 0.1) is 12.7 Å². The zero-order valence-electron chi connectivity index (χ0n) is 13.2. The molecule has 0 aliphatic carbocycles. The van der Waals surface area contributed by atoms with Crippen molar-refractivity contribution in [2.75, 3.05) is 0 Å². The molecule has 0 bridgehead atoms. The van der Waals surface area contributed by atoms with Gasteiger partial charge in [0.05, 0.1) is 6.42 Å². The second-order valence-electron chi connectivity index (χ2n) is 5.92. The van der Waals surface area contributed by atoms with Gasteiger partial charge in [0.15, 0.2) is 0 Å².